The van der Waals surface area contributed by atoms with Crippen LogP contribution in [0.3, 0.4) is 0 Å². The lowest BCUT2D eigenvalue weighted by Crippen LogP contribution is -2.14. The molecular weight excluding hydrogens is 364 g/mol. The molecule has 0 saturated carbocycles. The summed E-state index contributed by atoms with van der Waals surface area (Å²) in [5, 5.41) is 3.33. The highest BCUT2D eigenvalue weighted by molar-refractivity contribution is 5.77. The molecule has 2 heterocycles. The highest BCUT2D eigenvalue weighted by atomic mass is 16.5. The minimum Gasteiger partial charge on any atom is -0.382 e. The summed E-state index contributed by atoms with van der Waals surface area (Å²) >= 11 is 0. The zero-order valence-electron chi connectivity index (χ0n) is 17.8. The maximum Gasteiger partial charge on any atom is 0.275 e. The van der Waals surface area contributed by atoms with Crippen LogP contribution < -0.4 is 10.9 Å². The zero-order valence-corrected chi connectivity index (χ0v) is 17.8. The lowest BCUT2D eigenvalue weighted by molar-refractivity contribution is 0.143. The number of H-pyrrole nitrogens is 1. The van der Waals surface area contributed by atoms with Crippen molar-refractivity contribution < 1.29 is 4.74 Å². The van der Waals surface area contributed by atoms with Crippen molar-refractivity contribution >= 4 is 16.9 Å². The minimum absolute atomic E-state index is 0.102. The van der Waals surface area contributed by atoms with Crippen LogP contribution in [-0.4, -0.2) is 27.7 Å². The molecule has 0 aliphatic heterocycles. The van der Waals surface area contributed by atoms with Crippen molar-refractivity contribution in [3.05, 3.63) is 57.6 Å². The first-order valence-electron chi connectivity index (χ1n) is 10.6. The number of aryl methyl sites for hydroxylation is 3. The van der Waals surface area contributed by atoms with Gasteiger partial charge in [-0.1, -0.05) is 25.1 Å². The lowest BCUT2D eigenvalue weighted by atomic mass is 10.0. The van der Waals surface area contributed by atoms with E-state index in [4.69, 9.17) is 4.74 Å². The van der Waals surface area contributed by atoms with Crippen LogP contribution in [-0.2, 0) is 24.2 Å². The van der Waals surface area contributed by atoms with E-state index < -0.39 is 0 Å². The Morgan fingerprint density at radius 2 is 2.03 bits per heavy atom. The topological polar surface area (TPSA) is 71.9 Å². The molecule has 0 atom stereocenters. The number of benzene rings is 1. The maximum atomic E-state index is 12.6. The Hall–Kier alpha value is -2.60. The molecular formula is C23H32N4O2. The summed E-state index contributed by atoms with van der Waals surface area (Å²) in [7, 11) is 0. The van der Waals surface area contributed by atoms with Gasteiger partial charge in [0.25, 0.3) is 5.56 Å². The number of nitrogens with one attached hydrogen (secondary N) is 2. The van der Waals surface area contributed by atoms with Crippen LogP contribution in [0.1, 0.15) is 49.8 Å². The first kappa shape index (κ1) is 21.1. The van der Waals surface area contributed by atoms with Gasteiger partial charge in [0.05, 0.1) is 11.8 Å². The van der Waals surface area contributed by atoms with Crippen LogP contribution in [0.15, 0.2) is 35.4 Å². The number of rotatable bonds is 11. The van der Waals surface area contributed by atoms with Crippen LogP contribution in [0, 0.1) is 6.92 Å². The highest BCUT2D eigenvalue weighted by Gasteiger charge is 2.09. The number of hydrogen-bond acceptors (Lipinski definition) is 4. The van der Waals surface area contributed by atoms with E-state index in [-0.39, 0.29) is 5.56 Å². The number of hydrogen-bond donors (Lipinski definition) is 2. The molecule has 0 fully saturated rings. The largest absolute Gasteiger partial charge is 0.382 e. The predicted molar refractivity (Wildman–Crippen MR) is 119 cm³/mol. The van der Waals surface area contributed by atoms with E-state index in [0.29, 0.717) is 17.9 Å². The Kier molecular flexibility index (Phi) is 7.47. The van der Waals surface area contributed by atoms with Crippen molar-refractivity contribution in [3.8, 4) is 0 Å². The zero-order chi connectivity index (χ0) is 20.6. The van der Waals surface area contributed by atoms with E-state index in [1.54, 1.807) is 6.33 Å². The van der Waals surface area contributed by atoms with Crippen molar-refractivity contribution in [2.24, 2.45) is 0 Å². The van der Waals surface area contributed by atoms with Gasteiger partial charge in [-0.2, -0.15) is 0 Å². The van der Waals surface area contributed by atoms with Crippen LogP contribution in [0.4, 0.5) is 5.82 Å². The summed E-state index contributed by atoms with van der Waals surface area (Å²) in [6, 6.07) is 8.41. The molecule has 29 heavy (non-hydrogen) atoms. The second-order valence-corrected chi connectivity index (χ2v) is 7.41. The summed E-state index contributed by atoms with van der Waals surface area (Å²) in [6.45, 7) is 9.34. The fourth-order valence-electron chi connectivity index (χ4n) is 3.59. The van der Waals surface area contributed by atoms with Crippen molar-refractivity contribution in [1.29, 1.82) is 0 Å². The molecule has 3 aromatic rings. The van der Waals surface area contributed by atoms with E-state index in [0.717, 1.165) is 51.0 Å². The normalized spacial score (nSPS) is 11.3. The van der Waals surface area contributed by atoms with Gasteiger partial charge in [-0.25, -0.2) is 4.98 Å². The molecule has 3 rings (SSSR count). The number of anilines is 1. The lowest BCUT2D eigenvalue weighted by Gasteiger charge is -2.10. The van der Waals surface area contributed by atoms with Gasteiger partial charge in [0.1, 0.15) is 11.3 Å². The number of unbranched alkanes of at least 4 members (excludes halogenated alkanes) is 2. The van der Waals surface area contributed by atoms with Crippen molar-refractivity contribution in [2.75, 3.05) is 18.5 Å². The summed E-state index contributed by atoms with van der Waals surface area (Å²) < 4.78 is 7.32. The number of imidazole rings is 1. The Bertz CT molecular complexity index is 990. The number of aromatic amines is 1. The molecule has 2 N–H and O–H groups in total. The van der Waals surface area contributed by atoms with Gasteiger partial charge in [-0.3, -0.25) is 4.79 Å². The Morgan fingerprint density at radius 3 is 2.83 bits per heavy atom. The monoisotopic (exact) mass is 396 g/mol. The van der Waals surface area contributed by atoms with E-state index >= 15 is 0 Å². The van der Waals surface area contributed by atoms with Gasteiger partial charge >= 0.3 is 0 Å². The average Bonchev–Trinajstić information content (AvgIpc) is 3.13. The number of pyridine rings is 1. The first-order chi connectivity index (χ1) is 14.1. The van der Waals surface area contributed by atoms with E-state index in [2.05, 4.69) is 47.3 Å². The third-order valence-electron chi connectivity index (χ3n) is 5.28. The number of aromatic nitrogens is 3. The maximum absolute atomic E-state index is 12.6. The summed E-state index contributed by atoms with van der Waals surface area (Å²) in [6.07, 6.45) is 5.91. The standard InChI is InChI=1S/C23H32N4O2/c1-4-19-13-18(10-9-17(19)3)15-24-21-14-20-22(23(28)26-21)27(16-25-20)11-7-6-8-12-29-5-2/h9-10,13-14,16H,4-8,11-12,15H2,1-3H3,(H2,24,26,28). The SMILES string of the molecule is CCOCCCCCn1cnc2cc(NCc3ccc(C)c(CC)c3)[nH]c(=O)c21. The predicted octanol–water partition coefficient (Wildman–Crippen LogP) is 4.41. The number of ether oxygens (including phenoxy) is 1. The van der Waals surface area contributed by atoms with Gasteiger partial charge in [0, 0.05) is 32.4 Å². The molecule has 0 unspecified atom stereocenters. The first-order valence-corrected chi connectivity index (χ1v) is 10.6. The second-order valence-electron chi connectivity index (χ2n) is 7.41. The van der Waals surface area contributed by atoms with E-state index in [1.807, 2.05) is 17.6 Å². The van der Waals surface area contributed by atoms with Crippen LogP contribution >= 0.6 is 0 Å². The van der Waals surface area contributed by atoms with Gasteiger partial charge in [-0.15, -0.1) is 0 Å². The summed E-state index contributed by atoms with van der Waals surface area (Å²) in [5.41, 5.74) is 5.14. The molecule has 0 aliphatic carbocycles. The van der Waals surface area contributed by atoms with Gasteiger partial charge < -0.3 is 19.6 Å². The van der Waals surface area contributed by atoms with Gasteiger partial charge in [0.2, 0.25) is 0 Å². The smallest absolute Gasteiger partial charge is 0.275 e. The molecule has 0 bridgehead atoms. The second kappa shape index (κ2) is 10.3. The van der Waals surface area contributed by atoms with Gasteiger partial charge in [0.15, 0.2) is 0 Å². The Morgan fingerprint density at radius 1 is 1.17 bits per heavy atom. The molecule has 0 aliphatic rings. The number of nitrogens with zero attached hydrogens (tertiary/aromatic N) is 2. The van der Waals surface area contributed by atoms with Crippen LogP contribution in [0.5, 0.6) is 0 Å². The Labute approximate surface area is 172 Å². The molecule has 1 aromatic carbocycles. The van der Waals surface area contributed by atoms with Crippen molar-refractivity contribution in [2.45, 2.75) is 59.5 Å². The van der Waals surface area contributed by atoms with Gasteiger partial charge in [-0.05, 0) is 56.2 Å². The molecule has 156 valence electrons. The molecule has 0 saturated heterocycles. The summed E-state index contributed by atoms with van der Waals surface area (Å²) in [4.78, 5) is 20.0. The highest BCUT2D eigenvalue weighted by Crippen LogP contribution is 2.16. The van der Waals surface area contributed by atoms with Crippen molar-refractivity contribution in [1.82, 2.24) is 14.5 Å². The summed E-state index contributed by atoms with van der Waals surface area (Å²) in [5.74, 6) is 0.697. The fourth-order valence-corrected chi connectivity index (χ4v) is 3.59. The van der Waals surface area contributed by atoms with Crippen LogP contribution in [0.25, 0.3) is 11.0 Å². The molecule has 6 nitrogen and oxygen atoms in total. The Balaban J connectivity index is 1.63. The third kappa shape index (κ3) is 5.48. The molecule has 0 spiro atoms. The number of fused-ring (bicyclic) bond motifs is 1. The molecule has 0 amide bonds. The van der Waals surface area contributed by atoms with E-state index in [9.17, 15) is 4.79 Å². The molecule has 2 aromatic heterocycles. The average molecular weight is 397 g/mol. The molecule has 0 radical (unpaired) electrons. The minimum atomic E-state index is -0.102. The van der Waals surface area contributed by atoms with Crippen LogP contribution in [0.2, 0.25) is 0 Å². The van der Waals surface area contributed by atoms with Crippen molar-refractivity contribution in [3.63, 3.8) is 0 Å². The third-order valence-corrected chi connectivity index (χ3v) is 5.28. The van der Waals surface area contributed by atoms with E-state index in [1.165, 1.54) is 16.7 Å². The fraction of sp³-hybridized carbons (Fsp3) is 0.478. The quantitative estimate of drug-likeness (QED) is 0.471. The molecule has 6 heteroatoms.